The van der Waals surface area contributed by atoms with Crippen LogP contribution in [0.15, 0.2) is 36.4 Å². The average molecular weight is 338 g/mol. The first kappa shape index (κ1) is 16.7. The molecule has 2 aromatic rings. The number of benzene rings is 2. The van der Waals surface area contributed by atoms with Gasteiger partial charge in [0.05, 0.1) is 15.7 Å². The number of anilines is 1. The second-order valence-electron chi connectivity index (χ2n) is 5.07. The maximum atomic E-state index is 12.3. The van der Waals surface area contributed by atoms with Crippen LogP contribution >= 0.6 is 23.2 Å². The molecule has 0 radical (unpaired) electrons. The molecule has 0 saturated heterocycles. The lowest BCUT2D eigenvalue weighted by Gasteiger charge is -2.18. The highest BCUT2D eigenvalue weighted by atomic mass is 35.5. The lowest BCUT2D eigenvalue weighted by molar-refractivity contribution is -0.122. The minimum Gasteiger partial charge on any atom is -0.480 e. The first-order chi connectivity index (χ1) is 10.4. The first-order valence-electron chi connectivity index (χ1n) is 6.88. The van der Waals surface area contributed by atoms with Gasteiger partial charge in [-0.2, -0.15) is 0 Å². The van der Waals surface area contributed by atoms with Crippen molar-refractivity contribution in [3.63, 3.8) is 0 Å². The van der Waals surface area contributed by atoms with Crippen LogP contribution < -0.4 is 10.1 Å². The van der Waals surface area contributed by atoms with E-state index in [1.165, 1.54) is 0 Å². The molecule has 2 aromatic carbocycles. The number of carbonyl (C=O) groups excluding carboxylic acids is 1. The van der Waals surface area contributed by atoms with E-state index < -0.39 is 6.10 Å². The van der Waals surface area contributed by atoms with E-state index in [-0.39, 0.29) is 5.91 Å². The highest BCUT2D eigenvalue weighted by molar-refractivity contribution is 6.44. The quantitative estimate of drug-likeness (QED) is 0.850. The van der Waals surface area contributed by atoms with Crippen molar-refractivity contribution in [3.8, 4) is 5.75 Å². The number of hydrogen-bond donors (Lipinski definition) is 1. The van der Waals surface area contributed by atoms with Crippen LogP contribution in [0.1, 0.15) is 18.1 Å². The Kier molecular flexibility index (Phi) is 5.33. The molecule has 0 aliphatic carbocycles. The molecule has 1 N–H and O–H groups in total. The summed E-state index contributed by atoms with van der Waals surface area (Å²) in [6.07, 6.45) is -0.658. The summed E-state index contributed by atoms with van der Waals surface area (Å²) in [5, 5.41) is 3.44. The van der Waals surface area contributed by atoms with Crippen molar-refractivity contribution in [1.29, 1.82) is 0 Å². The first-order valence-corrected chi connectivity index (χ1v) is 7.63. The average Bonchev–Trinajstić information content (AvgIpc) is 2.47. The largest absolute Gasteiger partial charge is 0.480 e. The number of carbonyl (C=O) groups is 1. The third-order valence-electron chi connectivity index (χ3n) is 3.28. The van der Waals surface area contributed by atoms with E-state index in [4.69, 9.17) is 27.9 Å². The molecule has 0 saturated carbocycles. The Morgan fingerprint density at radius 1 is 1.09 bits per heavy atom. The highest BCUT2D eigenvalue weighted by Crippen LogP contribution is 2.30. The van der Waals surface area contributed by atoms with Gasteiger partial charge in [-0.15, -0.1) is 0 Å². The number of aryl methyl sites for hydroxylation is 2. The summed E-state index contributed by atoms with van der Waals surface area (Å²) in [7, 11) is 0. The molecule has 1 amide bonds. The maximum Gasteiger partial charge on any atom is 0.265 e. The summed E-state index contributed by atoms with van der Waals surface area (Å²) in [6, 6.07) is 10.9. The maximum absolute atomic E-state index is 12.3. The van der Waals surface area contributed by atoms with Gasteiger partial charge in [-0.05, 0) is 44.0 Å². The van der Waals surface area contributed by atoms with Crippen LogP contribution in [0.4, 0.5) is 5.69 Å². The zero-order valence-electron chi connectivity index (χ0n) is 12.6. The van der Waals surface area contributed by atoms with Crippen molar-refractivity contribution in [2.24, 2.45) is 0 Å². The number of ether oxygens (including phenoxy) is 1. The number of rotatable bonds is 4. The van der Waals surface area contributed by atoms with Crippen molar-refractivity contribution in [1.82, 2.24) is 0 Å². The van der Waals surface area contributed by atoms with Gasteiger partial charge in [0.25, 0.3) is 5.91 Å². The molecule has 2 rings (SSSR count). The molecule has 116 valence electrons. The molecule has 1 atom stereocenters. The molecule has 1 unspecified atom stereocenters. The van der Waals surface area contributed by atoms with Crippen LogP contribution in [0.25, 0.3) is 0 Å². The third-order valence-corrected chi connectivity index (χ3v) is 4.10. The summed E-state index contributed by atoms with van der Waals surface area (Å²) in [4.78, 5) is 12.3. The van der Waals surface area contributed by atoms with Crippen LogP contribution in [0.5, 0.6) is 5.75 Å². The normalized spacial score (nSPS) is 11.9. The van der Waals surface area contributed by atoms with Gasteiger partial charge in [-0.1, -0.05) is 47.5 Å². The van der Waals surface area contributed by atoms with E-state index in [0.29, 0.717) is 15.7 Å². The SMILES string of the molecule is Cc1cccc(C)c1OC(C)C(=O)Nc1cccc(Cl)c1Cl. The molecule has 0 bridgehead atoms. The minimum absolute atomic E-state index is 0.285. The molecule has 0 spiro atoms. The van der Waals surface area contributed by atoms with E-state index in [9.17, 15) is 4.79 Å². The second-order valence-corrected chi connectivity index (χ2v) is 5.86. The predicted octanol–water partition coefficient (Wildman–Crippen LogP) is 5.02. The van der Waals surface area contributed by atoms with Crippen molar-refractivity contribution in [2.45, 2.75) is 26.9 Å². The van der Waals surface area contributed by atoms with Crippen LogP contribution in [0, 0.1) is 13.8 Å². The molecule has 22 heavy (non-hydrogen) atoms. The van der Waals surface area contributed by atoms with Gasteiger partial charge in [-0.3, -0.25) is 4.79 Å². The van der Waals surface area contributed by atoms with E-state index in [1.807, 2.05) is 32.0 Å². The Hall–Kier alpha value is -1.71. The van der Waals surface area contributed by atoms with Gasteiger partial charge >= 0.3 is 0 Å². The zero-order chi connectivity index (χ0) is 16.3. The van der Waals surface area contributed by atoms with Gasteiger partial charge in [0.2, 0.25) is 0 Å². The molecular weight excluding hydrogens is 321 g/mol. The van der Waals surface area contributed by atoms with Gasteiger partial charge in [-0.25, -0.2) is 0 Å². The lowest BCUT2D eigenvalue weighted by atomic mass is 10.1. The molecule has 0 fully saturated rings. The third kappa shape index (κ3) is 3.73. The fourth-order valence-electron chi connectivity index (χ4n) is 2.05. The Labute approximate surface area is 140 Å². The molecule has 0 aliphatic rings. The van der Waals surface area contributed by atoms with E-state index in [0.717, 1.165) is 16.9 Å². The van der Waals surface area contributed by atoms with Crippen LogP contribution in [0.3, 0.4) is 0 Å². The molecule has 0 aliphatic heterocycles. The Morgan fingerprint density at radius 3 is 2.32 bits per heavy atom. The standard InChI is InChI=1S/C17H17Cl2NO2/c1-10-6-4-7-11(2)16(10)22-12(3)17(21)20-14-9-5-8-13(18)15(14)19/h4-9,12H,1-3H3,(H,20,21). The van der Waals surface area contributed by atoms with Crippen molar-refractivity contribution >= 4 is 34.8 Å². The fourth-order valence-corrected chi connectivity index (χ4v) is 2.40. The summed E-state index contributed by atoms with van der Waals surface area (Å²) in [5.41, 5.74) is 2.44. The summed E-state index contributed by atoms with van der Waals surface area (Å²) >= 11 is 12.0. The topological polar surface area (TPSA) is 38.3 Å². The molecule has 5 heteroatoms. The molecule has 0 heterocycles. The van der Waals surface area contributed by atoms with Crippen LogP contribution in [0.2, 0.25) is 10.0 Å². The van der Waals surface area contributed by atoms with Crippen LogP contribution in [-0.2, 0) is 4.79 Å². The molecule has 0 aromatic heterocycles. The molecule has 3 nitrogen and oxygen atoms in total. The Morgan fingerprint density at radius 2 is 1.68 bits per heavy atom. The number of nitrogens with one attached hydrogen (secondary N) is 1. The smallest absolute Gasteiger partial charge is 0.265 e. The van der Waals surface area contributed by atoms with Crippen molar-refractivity contribution in [3.05, 3.63) is 57.6 Å². The number of halogens is 2. The Balaban J connectivity index is 2.11. The van der Waals surface area contributed by atoms with E-state index in [2.05, 4.69) is 5.32 Å². The van der Waals surface area contributed by atoms with E-state index >= 15 is 0 Å². The Bertz CT molecular complexity index is 681. The summed E-state index contributed by atoms with van der Waals surface area (Å²) in [5.74, 6) is 0.439. The monoisotopic (exact) mass is 337 g/mol. The van der Waals surface area contributed by atoms with E-state index in [1.54, 1.807) is 25.1 Å². The minimum atomic E-state index is -0.658. The lowest BCUT2D eigenvalue weighted by Crippen LogP contribution is -2.30. The predicted molar refractivity (Wildman–Crippen MR) is 91.1 cm³/mol. The number of hydrogen-bond acceptors (Lipinski definition) is 2. The van der Waals surface area contributed by atoms with Crippen LogP contribution in [-0.4, -0.2) is 12.0 Å². The zero-order valence-corrected chi connectivity index (χ0v) is 14.1. The van der Waals surface area contributed by atoms with Gasteiger partial charge < -0.3 is 10.1 Å². The van der Waals surface area contributed by atoms with Gasteiger partial charge in [0, 0.05) is 0 Å². The van der Waals surface area contributed by atoms with Crippen molar-refractivity contribution < 1.29 is 9.53 Å². The fraction of sp³-hybridized carbons (Fsp3) is 0.235. The summed E-state index contributed by atoms with van der Waals surface area (Å²) in [6.45, 7) is 5.58. The second kappa shape index (κ2) is 7.03. The van der Waals surface area contributed by atoms with Gasteiger partial charge in [0.1, 0.15) is 5.75 Å². The molecular formula is C17H17Cl2NO2. The number of para-hydroxylation sites is 1. The number of amides is 1. The summed E-state index contributed by atoms with van der Waals surface area (Å²) < 4.78 is 5.79. The van der Waals surface area contributed by atoms with Gasteiger partial charge in [0.15, 0.2) is 6.10 Å². The highest BCUT2D eigenvalue weighted by Gasteiger charge is 2.18. The van der Waals surface area contributed by atoms with Crippen molar-refractivity contribution in [2.75, 3.05) is 5.32 Å².